The van der Waals surface area contributed by atoms with Gasteiger partial charge in [0.15, 0.2) is 0 Å². The minimum Gasteiger partial charge on any atom is -0.388 e. The number of hydrogen-bond donors (Lipinski definition) is 2. The van der Waals surface area contributed by atoms with Crippen LogP contribution in [-0.4, -0.2) is 40.3 Å². The van der Waals surface area contributed by atoms with Crippen LogP contribution in [0.3, 0.4) is 0 Å². The van der Waals surface area contributed by atoms with E-state index in [0.29, 0.717) is 19.5 Å². The lowest BCUT2D eigenvalue weighted by Gasteiger charge is -2.26. The van der Waals surface area contributed by atoms with E-state index in [1.54, 1.807) is 11.8 Å². The van der Waals surface area contributed by atoms with Gasteiger partial charge >= 0.3 is 6.03 Å². The second kappa shape index (κ2) is 3.42. The maximum Gasteiger partial charge on any atom is 0.317 e. The summed E-state index contributed by atoms with van der Waals surface area (Å²) < 4.78 is 0. The molecule has 0 aromatic rings. The minimum atomic E-state index is -0.713. The van der Waals surface area contributed by atoms with Crippen molar-refractivity contribution >= 4 is 6.03 Å². The molecule has 14 heavy (non-hydrogen) atoms. The van der Waals surface area contributed by atoms with Crippen molar-refractivity contribution in [2.45, 2.75) is 45.3 Å². The molecule has 4 heteroatoms. The smallest absolute Gasteiger partial charge is 0.317 e. The predicted octanol–water partition coefficient (Wildman–Crippen LogP) is 0.951. The van der Waals surface area contributed by atoms with Crippen molar-refractivity contribution in [3.05, 3.63) is 0 Å². The van der Waals surface area contributed by atoms with E-state index in [4.69, 9.17) is 0 Å². The van der Waals surface area contributed by atoms with Crippen molar-refractivity contribution in [3.8, 4) is 0 Å². The Hall–Kier alpha value is -0.770. The number of likely N-dealkylation sites (tertiary alicyclic amines) is 1. The molecule has 1 aliphatic heterocycles. The average molecular weight is 200 g/mol. The molecule has 1 fully saturated rings. The van der Waals surface area contributed by atoms with Crippen molar-refractivity contribution in [3.63, 3.8) is 0 Å². The Balaban J connectivity index is 2.48. The zero-order valence-corrected chi connectivity index (χ0v) is 9.42. The number of carbonyl (C=O) groups excluding carboxylic acids is 1. The van der Waals surface area contributed by atoms with Gasteiger partial charge in [0.1, 0.15) is 0 Å². The molecule has 0 aliphatic carbocycles. The van der Waals surface area contributed by atoms with E-state index in [0.717, 1.165) is 0 Å². The fourth-order valence-corrected chi connectivity index (χ4v) is 1.52. The van der Waals surface area contributed by atoms with E-state index < -0.39 is 5.60 Å². The van der Waals surface area contributed by atoms with Crippen molar-refractivity contribution in [2.24, 2.45) is 0 Å². The number of rotatable bonds is 0. The number of urea groups is 1. The van der Waals surface area contributed by atoms with Crippen molar-refractivity contribution < 1.29 is 9.90 Å². The van der Waals surface area contributed by atoms with Gasteiger partial charge in [-0.05, 0) is 34.1 Å². The topological polar surface area (TPSA) is 52.6 Å². The summed E-state index contributed by atoms with van der Waals surface area (Å²) in [6.45, 7) is 8.65. The zero-order valence-electron chi connectivity index (χ0n) is 9.42. The lowest BCUT2D eigenvalue weighted by molar-refractivity contribution is 0.0714. The predicted molar refractivity (Wildman–Crippen MR) is 55.1 cm³/mol. The maximum atomic E-state index is 11.7. The van der Waals surface area contributed by atoms with Gasteiger partial charge in [0.2, 0.25) is 0 Å². The molecule has 0 saturated carbocycles. The molecular formula is C10H20N2O2. The molecule has 1 aliphatic rings. The van der Waals surface area contributed by atoms with E-state index in [2.05, 4.69) is 5.32 Å². The van der Waals surface area contributed by atoms with E-state index in [-0.39, 0.29) is 11.6 Å². The van der Waals surface area contributed by atoms with Crippen LogP contribution in [0.1, 0.15) is 34.1 Å². The molecule has 1 rings (SSSR count). The summed E-state index contributed by atoms with van der Waals surface area (Å²) in [6, 6.07) is -0.0877. The Kier molecular flexibility index (Phi) is 2.76. The van der Waals surface area contributed by atoms with Gasteiger partial charge < -0.3 is 15.3 Å². The number of hydrogen-bond acceptors (Lipinski definition) is 2. The van der Waals surface area contributed by atoms with E-state index in [1.807, 2.05) is 20.8 Å². The molecule has 1 atom stereocenters. The number of β-amino-alcohol motifs (C(OH)–C–C–N with tert-alkyl or cyclic N) is 1. The molecule has 4 nitrogen and oxygen atoms in total. The standard InChI is InChI=1S/C10H20N2O2/c1-9(2,3)11-8(13)12-6-5-10(4,14)7-12/h14H,5-7H2,1-4H3,(H,11,13)/t10-/m0/s1. The van der Waals surface area contributed by atoms with Gasteiger partial charge in [0.05, 0.1) is 12.1 Å². The van der Waals surface area contributed by atoms with Gasteiger partial charge in [0, 0.05) is 12.1 Å². The van der Waals surface area contributed by atoms with E-state index in [9.17, 15) is 9.90 Å². The summed E-state index contributed by atoms with van der Waals surface area (Å²) >= 11 is 0. The first-order valence-corrected chi connectivity index (χ1v) is 4.99. The molecule has 0 spiro atoms. The second-order valence-electron chi connectivity index (χ2n) is 5.35. The Morgan fingerprint density at radius 3 is 2.43 bits per heavy atom. The summed E-state index contributed by atoms with van der Waals surface area (Å²) in [4.78, 5) is 13.3. The Labute approximate surface area is 85.3 Å². The lowest BCUT2D eigenvalue weighted by Crippen LogP contribution is -2.48. The number of nitrogens with one attached hydrogen (secondary N) is 1. The molecule has 0 bridgehead atoms. The number of nitrogens with zero attached hydrogens (tertiary/aromatic N) is 1. The lowest BCUT2D eigenvalue weighted by atomic mass is 10.1. The maximum absolute atomic E-state index is 11.7. The summed E-state index contributed by atoms with van der Waals surface area (Å²) in [7, 11) is 0. The molecule has 2 N–H and O–H groups in total. The molecule has 2 amide bonds. The molecule has 82 valence electrons. The van der Waals surface area contributed by atoms with Crippen LogP contribution in [0.4, 0.5) is 4.79 Å². The van der Waals surface area contributed by atoms with Gasteiger partial charge in [-0.25, -0.2) is 4.79 Å². The SMILES string of the molecule is CC(C)(C)NC(=O)N1CC[C@](C)(O)C1. The van der Waals surface area contributed by atoms with Crippen LogP contribution in [0, 0.1) is 0 Å². The highest BCUT2D eigenvalue weighted by atomic mass is 16.3. The van der Waals surface area contributed by atoms with Crippen molar-refractivity contribution in [1.29, 1.82) is 0 Å². The Morgan fingerprint density at radius 2 is 2.07 bits per heavy atom. The summed E-state index contributed by atoms with van der Waals surface area (Å²) in [6.07, 6.45) is 0.657. The van der Waals surface area contributed by atoms with Gasteiger partial charge in [0.25, 0.3) is 0 Å². The molecular weight excluding hydrogens is 180 g/mol. The highest BCUT2D eigenvalue weighted by Crippen LogP contribution is 2.20. The zero-order chi connectivity index (χ0) is 11.0. The first-order chi connectivity index (χ1) is 6.20. The van der Waals surface area contributed by atoms with Gasteiger partial charge in [-0.2, -0.15) is 0 Å². The van der Waals surface area contributed by atoms with E-state index >= 15 is 0 Å². The first kappa shape index (κ1) is 11.3. The molecule has 1 saturated heterocycles. The van der Waals surface area contributed by atoms with Crippen LogP contribution in [0.5, 0.6) is 0 Å². The number of carbonyl (C=O) groups is 1. The quantitative estimate of drug-likeness (QED) is 0.611. The first-order valence-electron chi connectivity index (χ1n) is 4.99. The summed E-state index contributed by atoms with van der Waals surface area (Å²) in [5.41, 5.74) is -0.930. The highest BCUT2D eigenvalue weighted by Gasteiger charge is 2.34. The number of amides is 2. The van der Waals surface area contributed by atoms with Gasteiger partial charge in [-0.15, -0.1) is 0 Å². The fraction of sp³-hybridized carbons (Fsp3) is 0.900. The normalized spacial score (nSPS) is 27.9. The second-order valence-corrected chi connectivity index (χ2v) is 5.35. The van der Waals surface area contributed by atoms with Crippen molar-refractivity contribution in [2.75, 3.05) is 13.1 Å². The van der Waals surface area contributed by atoms with Crippen LogP contribution in [0.2, 0.25) is 0 Å². The molecule has 0 radical (unpaired) electrons. The van der Waals surface area contributed by atoms with Gasteiger partial charge in [-0.3, -0.25) is 0 Å². The van der Waals surface area contributed by atoms with Crippen LogP contribution in [-0.2, 0) is 0 Å². The van der Waals surface area contributed by atoms with Crippen LogP contribution in [0.15, 0.2) is 0 Å². The summed E-state index contributed by atoms with van der Waals surface area (Å²) in [5, 5.41) is 12.6. The van der Waals surface area contributed by atoms with Crippen LogP contribution in [0.25, 0.3) is 0 Å². The van der Waals surface area contributed by atoms with Crippen molar-refractivity contribution in [1.82, 2.24) is 10.2 Å². The molecule has 0 unspecified atom stereocenters. The Bertz CT molecular complexity index is 231. The largest absolute Gasteiger partial charge is 0.388 e. The molecule has 0 aromatic heterocycles. The van der Waals surface area contributed by atoms with Gasteiger partial charge in [-0.1, -0.05) is 0 Å². The van der Waals surface area contributed by atoms with Crippen LogP contribution >= 0.6 is 0 Å². The van der Waals surface area contributed by atoms with Crippen LogP contribution < -0.4 is 5.32 Å². The summed E-state index contributed by atoms with van der Waals surface area (Å²) in [5.74, 6) is 0. The third kappa shape index (κ3) is 3.18. The average Bonchev–Trinajstić information content (AvgIpc) is 2.26. The molecule has 0 aromatic carbocycles. The third-order valence-electron chi connectivity index (χ3n) is 2.22. The number of aliphatic hydroxyl groups is 1. The Morgan fingerprint density at radius 1 is 1.50 bits per heavy atom. The monoisotopic (exact) mass is 200 g/mol. The molecule has 1 heterocycles. The fourth-order valence-electron chi connectivity index (χ4n) is 1.52. The highest BCUT2D eigenvalue weighted by molar-refractivity contribution is 5.75. The third-order valence-corrected chi connectivity index (χ3v) is 2.22. The van der Waals surface area contributed by atoms with E-state index in [1.165, 1.54) is 0 Å². The minimum absolute atomic E-state index is 0.0877.